The molecule has 1 atom stereocenters. The first-order valence-electron chi connectivity index (χ1n) is 4.12. The summed E-state index contributed by atoms with van der Waals surface area (Å²) in [5, 5.41) is 0. The van der Waals surface area contributed by atoms with Crippen molar-refractivity contribution in [3.8, 4) is 0 Å². The third-order valence-corrected chi connectivity index (χ3v) is 2.71. The van der Waals surface area contributed by atoms with Crippen LogP contribution < -0.4 is 5.73 Å². The van der Waals surface area contributed by atoms with Crippen LogP contribution in [-0.2, 0) is 13.0 Å². The molecule has 1 heterocycles. The minimum Gasteiger partial charge on any atom is -0.399 e. The average molecular weight is 180 g/mol. The molecule has 0 radical (unpaired) electrons. The smallest absolute Gasteiger partial charge is 0.0317 e. The highest BCUT2D eigenvalue weighted by Crippen LogP contribution is 2.22. The molecular weight excluding hydrogens is 167 g/mol. The van der Waals surface area contributed by atoms with Crippen LogP contribution in [0.1, 0.15) is 11.1 Å². The first kappa shape index (κ1) is 8.03. The van der Waals surface area contributed by atoms with Crippen LogP contribution in [0.2, 0.25) is 0 Å². The molecule has 64 valence electrons. The zero-order valence-electron chi connectivity index (χ0n) is 6.96. The zero-order chi connectivity index (χ0) is 8.55. The van der Waals surface area contributed by atoms with Crippen molar-refractivity contribution in [3.63, 3.8) is 0 Å². The molecule has 1 aliphatic heterocycles. The van der Waals surface area contributed by atoms with E-state index >= 15 is 0 Å². The summed E-state index contributed by atoms with van der Waals surface area (Å²) in [6.07, 6.45) is 1.14. The Hall–Kier alpha value is -0.590. The van der Waals surface area contributed by atoms with Gasteiger partial charge in [0.05, 0.1) is 0 Å². The van der Waals surface area contributed by atoms with Gasteiger partial charge in [-0.15, -0.1) is 0 Å². The lowest BCUT2D eigenvalue weighted by Crippen LogP contribution is -2.21. The molecule has 0 fully saturated rings. The normalized spacial score (nSPS) is 17.4. The van der Waals surface area contributed by atoms with Gasteiger partial charge in [-0.3, -0.25) is 4.67 Å². The van der Waals surface area contributed by atoms with Gasteiger partial charge >= 0.3 is 0 Å². The van der Waals surface area contributed by atoms with E-state index in [4.69, 9.17) is 5.73 Å². The number of anilines is 1. The molecule has 2 nitrogen and oxygen atoms in total. The van der Waals surface area contributed by atoms with Crippen molar-refractivity contribution in [1.82, 2.24) is 4.67 Å². The average Bonchev–Trinajstić information content (AvgIpc) is 2.03. The molecule has 1 aliphatic rings. The van der Waals surface area contributed by atoms with Gasteiger partial charge in [0.2, 0.25) is 0 Å². The van der Waals surface area contributed by atoms with Crippen LogP contribution in [0.3, 0.4) is 0 Å². The molecule has 1 aromatic carbocycles. The first-order valence-corrected chi connectivity index (χ1v) is 4.64. The molecule has 1 aromatic rings. The number of hydrogen-bond acceptors (Lipinski definition) is 2. The van der Waals surface area contributed by atoms with Gasteiger partial charge in [0.25, 0.3) is 0 Å². The lowest BCUT2D eigenvalue weighted by molar-refractivity contribution is 0.443. The molecule has 3 heteroatoms. The Labute approximate surface area is 75.0 Å². The van der Waals surface area contributed by atoms with Crippen LogP contribution in [-0.4, -0.2) is 11.2 Å². The fourth-order valence-electron chi connectivity index (χ4n) is 1.60. The summed E-state index contributed by atoms with van der Waals surface area (Å²) in [5.74, 6) is 0. The molecule has 0 spiro atoms. The Kier molecular flexibility index (Phi) is 2.03. The highest BCUT2D eigenvalue weighted by Gasteiger charge is 2.12. The Bertz CT molecular complexity index is 299. The van der Waals surface area contributed by atoms with E-state index in [1.807, 2.05) is 6.07 Å². The van der Waals surface area contributed by atoms with Crippen molar-refractivity contribution in [1.29, 1.82) is 0 Å². The summed E-state index contributed by atoms with van der Waals surface area (Å²) in [4.78, 5) is 0. The molecule has 1 unspecified atom stereocenters. The van der Waals surface area contributed by atoms with E-state index in [1.54, 1.807) is 0 Å². The second kappa shape index (κ2) is 3.04. The van der Waals surface area contributed by atoms with Crippen LogP contribution >= 0.6 is 9.39 Å². The fourth-order valence-corrected chi connectivity index (χ4v) is 1.92. The highest BCUT2D eigenvalue weighted by atomic mass is 31.0. The number of nitrogen functional groups attached to an aromatic ring is 1. The molecule has 0 amide bonds. The maximum absolute atomic E-state index is 5.70. The van der Waals surface area contributed by atoms with Crippen molar-refractivity contribution in [2.45, 2.75) is 13.0 Å². The minimum absolute atomic E-state index is 0.869. The number of nitrogens with zero attached hydrogens (tertiary/aromatic N) is 1. The minimum atomic E-state index is 0.869. The molecule has 0 saturated heterocycles. The summed E-state index contributed by atoms with van der Waals surface area (Å²) < 4.78 is 2.24. The largest absolute Gasteiger partial charge is 0.399 e. The third-order valence-electron chi connectivity index (χ3n) is 2.27. The fraction of sp³-hybridized carbons (Fsp3) is 0.333. The lowest BCUT2D eigenvalue weighted by atomic mass is 10.0. The van der Waals surface area contributed by atoms with E-state index in [0.717, 1.165) is 25.2 Å². The van der Waals surface area contributed by atoms with Gasteiger partial charge in [-0.05, 0) is 29.7 Å². The number of benzene rings is 1. The molecule has 0 saturated carbocycles. The molecule has 0 bridgehead atoms. The Morgan fingerprint density at radius 1 is 1.33 bits per heavy atom. The summed E-state index contributed by atoms with van der Waals surface area (Å²) in [7, 11) is 2.74. The van der Waals surface area contributed by atoms with E-state index < -0.39 is 0 Å². The van der Waals surface area contributed by atoms with E-state index in [-0.39, 0.29) is 0 Å². The van der Waals surface area contributed by atoms with Crippen LogP contribution in [0.4, 0.5) is 5.69 Å². The van der Waals surface area contributed by atoms with Crippen molar-refractivity contribution in [3.05, 3.63) is 29.3 Å². The molecular formula is C9H13N2P. The monoisotopic (exact) mass is 180 g/mol. The summed E-state index contributed by atoms with van der Waals surface area (Å²) in [6.45, 7) is 2.13. The van der Waals surface area contributed by atoms with Gasteiger partial charge < -0.3 is 5.73 Å². The Balaban J connectivity index is 2.37. The highest BCUT2D eigenvalue weighted by molar-refractivity contribution is 7.13. The molecule has 2 rings (SSSR count). The first-order chi connectivity index (χ1) is 5.75. The SMILES string of the molecule is Nc1ccc2c(c1)CN(P)CC2. The van der Waals surface area contributed by atoms with E-state index in [9.17, 15) is 0 Å². The second-order valence-corrected chi connectivity index (χ2v) is 3.98. The van der Waals surface area contributed by atoms with Gasteiger partial charge in [0, 0.05) is 18.8 Å². The van der Waals surface area contributed by atoms with E-state index in [2.05, 4.69) is 26.2 Å². The maximum Gasteiger partial charge on any atom is 0.0317 e. The number of hydrogen-bond donors (Lipinski definition) is 1. The molecule has 12 heavy (non-hydrogen) atoms. The van der Waals surface area contributed by atoms with Crippen molar-refractivity contribution in [2.75, 3.05) is 12.3 Å². The Morgan fingerprint density at radius 2 is 2.17 bits per heavy atom. The predicted octanol–water partition coefficient (Wildman–Crippen LogP) is 1.42. The van der Waals surface area contributed by atoms with Crippen LogP contribution in [0, 0.1) is 0 Å². The summed E-state index contributed by atoms with van der Waals surface area (Å²) in [5.41, 5.74) is 9.39. The van der Waals surface area contributed by atoms with Gasteiger partial charge in [-0.1, -0.05) is 15.5 Å². The maximum atomic E-state index is 5.70. The number of fused-ring (bicyclic) bond motifs is 1. The second-order valence-electron chi connectivity index (χ2n) is 3.25. The third kappa shape index (κ3) is 1.45. The molecule has 2 N–H and O–H groups in total. The standard InChI is InChI=1S/C9H13N2P/c10-9-2-1-7-3-4-11(12)6-8(7)5-9/h1-2,5H,3-4,6,10,12H2. The van der Waals surface area contributed by atoms with Crippen molar-refractivity contribution >= 4 is 15.1 Å². The lowest BCUT2D eigenvalue weighted by Gasteiger charge is -2.24. The van der Waals surface area contributed by atoms with Crippen molar-refractivity contribution in [2.24, 2.45) is 0 Å². The summed E-state index contributed by atoms with van der Waals surface area (Å²) >= 11 is 0. The van der Waals surface area contributed by atoms with Crippen LogP contribution in [0.25, 0.3) is 0 Å². The summed E-state index contributed by atoms with van der Waals surface area (Å²) in [6, 6.07) is 6.20. The van der Waals surface area contributed by atoms with Crippen molar-refractivity contribution < 1.29 is 0 Å². The number of nitrogens with two attached hydrogens (primary N) is 1. The predicted molar refractivity (Wildman–Crippen MR) is 54.7 cm³/mol. The van der Waals surface area contributed by atoms with E-state index in [0.29, 0.717) is 0 Å². The van der Waals surface area contributed by atoms with E-state index in [1.165, 1.54) is 11.1 Å². The molecule has 0 aliphatic carbocycles. The topological polar surface area (TPSA) is 29.3 Å². The van der Waals surface area contributed by atoms with Crippen LogP contribution in [0.5, 0.6) is 0 Å². The zero-order valence-corrected chi connectivity index (χ0v) is 8.11. The van der Waals surface area contributed by atoms with Gasteiger partial charge in [-0.2, -0.15) is 0 Å². The number of rotatable bonds is 0. The Morgan fingerprint density at radius 3 is 3.00 bits per heavy atom. The van der Waals surface area contributed by atoms with Crippen LogP contribution in [0.15, 0.2) is 18.2 Å². The van der Waals surface area contributed by atoms with Gasteiger partial charge in [-0.25, -0.2) is 0 Å². The van der Waals surface area contributed by atoms with Gasteiger partial charge in [0.15, 0.2) is 0 Å². The quantitative estimate of drug-likeness (QED) is 0.483. The van der Waals surface area contributed by atoms with Gasteiger partial charge in [0.1, 0.15) is 0 Å². The molecule has 0 aromatic heterocycles.